The van der Waals surface area contributed by atoms with Gasteiger partial charge in [-0.2, -0.15) is 8.42 Å². The molecular formula is CH4O4S2. The number of rotatable bonds is 2. The van der Waals surface area contributed by atoms with E-state index in [0.29, 0.717) is 0 Å². The normalized spacial score (nSPS) is 11.7. The van der Waals surface area contributed by atoms with Crippen LogP contribution in [0.3, 0.4) is 0 Å². The number of aliphatic hydroxyl groups excluding tert-OH is 1. The molecule has 0 aromatic carbocycles. The summed E-state index contributed by atoms with van der Waals surface area (Å²) in [4.78, 5) is 0. The average Bonchev–Trinajstić information content (AvgIpc) is 1.30. The van der Waals surface area contributed by atoms with Gasteiger partial charge in [-0.25, -0.2) is 0 Å². The molecule has 0 radical (unpaired) electrons. The molecule has 0 aromatic heterocycles. The van der Waals surface area contributed by atoms with Crippen LogP contribution in [0.5, 0.6) is 0 Å². The molecule has 0 aromatic rings. The third kappa shape index (κ3) is 6.22. The molecule has 0 saturated heterocycles. The van der Waals surface area contributed by atoms with E-state index in [2.05, 4.69) is 0 Å². The highest BCUT2D eigenvalue weighted by Gasteiger charge is 2.00. The first-order valence-electron chi connectivity index (χ1n) is 1.29. The van der Waals surface area contributed by atoms with Crippen LogP contribution in [-0.2, 0) is 9.15 Å². The van der Waals surface area contributed by atoms with Gasteiger partial charge in [0.1, 0.15) is 5.94 Å². The Kier molecular flexibility index (Phi) is 2.59. The lowest BCUT2D eigenvalue weighted by Crippen LogP contribution is -1.89. The molecule has 2 N–H and O–H groups in total. The maximum Gasteiger partial charge on any atom is 0.321 e. The molecule has 0 heterocycles. The first-order chi connectivity index (χ1) is 3.06. The van der Waals surface area contributed by atoms with E-state index in [1.165, 1.54) is 0 Å². The van der Waals surface area contributed by atoms with E-state index in [-0.39, 0.29) is 10.8 Å². The molecular weight excluding hydrogens is 140 g/mol. The van der Waals surface area contributed by atoms with Crippen LogP contribution < -0.4 is 0 Å². The quantitative estimate of drug-likeness (QED) is 0.309. The first kappa shape index (κ1) is 7.22. The summed E-state index contributed by atoms with van der Waals surface area (Å²) < 4.78 is 27.0. The minimum absolute atomic E-state index is 0.0718. The van der Waals surface area contributed by atoms with E-state index in [4.69, 9.17) is 9.66 Å². The Labute approximate surface area is 44.7 Å². The van der Waals surface area contributed by atoms with E-state index >= 15 is 0 Å². The highest BCUT2D eigenvalue weighted by Crippen LogP contribution is 2.04. The summed E-state index contributed by atoms with van der Waals surface area (Å²) in [5.74, 6) is -0.612. The first-order valence-corrected chi connectivity index (χ1v) is 4.23. The second-order valence-electron chi connectivity index (χ2n) is 0.675. The van der Waals surface area contributed by atoms with Gasteiger partial charge in [0, 0.05) is 10.8 Å². The predicted octanol–water partition coefficient (Wildman–Crippen LogP) is -0.528. The molecule has 0 saturated carbocycles. The summed E-state index contributed by atoms with van der Waals surface area (Å²) >= 11 is 0. The van der Waals surface area contributed by atoms with Gasteiger partial charge in [-0.15, -0.1) is 0 Å². The molecule has 0 spiro atoms. The summed E-state index contributed by atoms with van der Waals surface area (Å²) in [6.45, 7) is 0. The summed E-state index contributed by atoms with van der Waals surface area (Å²) in [5.41, 5.74) is 0. The zero-order chi connectivity index (χ0) is 5.91. The zero-order valence-electron chi connectivity index (χ0n) is 3.23. The minimum atomic E-state index is -4.01. The molecule has 0 amide bonds. The van der Waals surface area contributed by atoms with Crippen molar-refractivity contribution in [2.75, 3.05) is 5.94 Å². The average molecular weight is 144 g/mol. The lowest BCUT2D eigenvalue weighted by molar-refractivity contribution is 0.376. The van der Waals surface area contributed by atoms with Gasteiger partial charge in [0.2, 0.25) is 0 Å². The van der Waals surface area contributed by atoms with Gasteiger partial charge < -0.3 is 5.11 Å². The highest BCUT2D eigenvalue weighted by atomic mass is 33.1. The van der Waals surface area contributed by atoms with E-state index < -0.39 is 15.1 Å². The fourth-order valence-electron chi connectivity index (χ4n) is 0.0666. The fourth-order valence-corrected chi connectivity index (χ4v) is 0.599. The van der Waals surface area contributed by atoms with Gasteiger partial charge in [-0.1, -0.05) is 0 Å². The van der Waals surface area contributed by atoms with Gasteiger partial charge in [-0.05, 0) is 0 Å². The van der Waals surface area contributed by atoms with Crippen LogP contribution in [0.15, 0.2) is 0 Å². The fraction of sp³-hybridized carbons (Fsp3) is 1.00. The molecule has 44 valence electrons. The molecule has 0 bridgehead atoms. The van der Waals surface area contributed by atoms with Crippen molar-refractivity contribution in [1.29, 1.82) is 0 Å². The third-order valence-corrected chi connectivity index (χ3v) is 1.81. The lowest BCUT2D eigenvalue weighted by Gasteiger charge is -1.84. The number of hydrogen-bond acceptors (Lipinski definition) is 4. The Balaban J connectivity index is 3.60. The summed E-state index contributed by atoms with van der Waals surface area (Å²) in [6.07, 6.45) is 0. The molecule has 4 nitrogen and oxygen atoms in total. The second-order valence-corrected chi connectivity index (χ2v) is 3.99. The van der Waals surface area contributed by atoms with E-state index in [9.17, 15) is 8.42 Å². The molecule has 6 heteroatoms. The zero-order valence-corrected chi connectivity index (χ0v) is 4.87. The molecule has 0 atom stereocenters. The van der Waals surface area contributed by atoms with Crippen LogP contribution >= 0.6 is 10.8 Å². The number of aliphatic hydroxyl groups is 1. The Morgan fingerprint density at radius 2 is 2.00 bits per heavy atom. The van der Waals surface area contributed by atoms with Crippen molar-refractivity contribution in [1.82, 2.24) is 0 Å². The maximum atomic E-state index is 9.59. The van der Waals surface area contributed by atoms with Crippen molar-refractivity contribution in [2.45, 2.75) is 0 Å². The standard InChI is InChI=1S/CH4O4S2/c2-1-6-7(3,4)5/h2H,1H2,(H,3,4,5). The highest BCUT2D eigenvalue weighted by molar-refractivity contribution is 8.69. The molecule has 0 aliphatic carbocycles. The smallest absolute Gasteiger partial charge is 0.321 e. The van der Waals surface area contributed by atoms with E-state index in [1.54, 1.807) is 0 Å². The van der Waals surface area contributed by atoms with Crippen LogP contribution in [-0.4, -0.2) is 24.0 Å². The van der Waals surface area contributed by atoms with E-state index in [0.717, 1.165) is 0 Å². The van der Waals surface area contributed by atoms with Gasteiger partial charge in [-0.3, -0.25) is 4.55 Å². The predicted molar refractivity (Wildman–Crippen MR) is 26.2 cm³/mol. The van der Waals surface area contributed by atoms with Crippen LogP contribution in [0.25, 0.3) is 0 Å². The van der Waals surface area contributed by atoms with Crippen molar-refractivity contribution in [3.63, 3.8) is 0 Å². The van der Waals surface area contributed by atoms with Crippen molar-refractivity contribution < 1.29 is 18.1 Å². The van der Waals surface area contributed by atoms with Gasteiger partial charge in [0.15, 0.2) is 0 Å². The summed E-state index contributed by atoms with van der Waals surface area (Å²) in [5, 5.41) is 7.83. The SMILES string of the molecule is O=S(=O)(O)SCO. The van der Waals surface area contributed by atoms with Crippen molar-refractivity contribution in [3.8, 4) is 0 Å². The van der Waals surface area contributed by atoms with Gasteiger partial charge in [0.05, 0.1) is 0 Å². The molecule has 0 fully saturated rings. The molecule has 0 aliphatic heterocycles. The summed E-state index contributed by atoms with van der Waals surface area (Å²) in [6, 6.07) is 0. The largest absolute Gasteiger partial charge is 0.385 e. The minimum Gasteiger partial charge on any atom is -0.385 e. The monoisotopic (exact) mass is 144 g/mol. The Bertz CT molecular complexity index is 123. The van der Waals surface area contributed by atoms with Crippen LogP contribution in [0.2, 0.25) is 0 Å². The molecule has 0 aliphatic rings. The molecule has 0 rings (SSSR count). The lowest BCUT2D eigenvalue weighted by atomic mass is 11.7. The Morgan fingerprint density at radius 1 is 1.57 bits per heavy atom. The molecule has 7 heavy (non-hydrogen) atoms. The van der Waals surface area contributed by atoms with Crippen LogP contribution in [0.1, 0.15) is 0 Å². The van der Waals surface area contributed by atoms with Crippen LogP contribution in [0.4, 0.5) is 0 Å². The van der Waals surface area contributed by atoms with Crippen molar-refractivity contribution in [2.24, 2.45) is 0 Å². The van der Waals surface area contributed by atoms with Crippen molar-refractivity contribution in [3.05, 3.63) is 0 Å². The van der Waals surface area contributed by atoms with E-state index in [1.807, 2.05) is 0 Å². The Hall–Kier alpha value is 0.220. The summed E-state index contributed by atoms with van der Waals surface area (Å²) in [7, 11) is -3.94. The number of hydrogen-bond donors (Lipinski definition) is 2. The second kappa shape index (κ2) is 2.51. The molecule has 0 unspecified atom stereocenters. The van der Waals surface area contributed by atoms with Crippen LogP contribution in [0, 0.1) is 0 Å². The maximum absolute atomic E-state index is 9.59. The topological polar surface area (TPSA) is 74.6 Å². The Morgan fingerprint density at radius 3 is 2.00 bits per heavy atom. The third-order valence-electron chi connectivity index (χ3n) is 0.202. The van der Waals surface area contributed by atoms with Crippen molar-refractivity contribution >= 4 is 19.9 Å². The van der Waals surface area contributed by atoms with Gasteiger partial charge in [0.25, 0.3) is 0 Å². The van der Waals surface area contributed by atoms with Gasteiger partial charge >= 0.3 is 9.15 Å².